The summed E-state index contributed by atoms with van der Waals surface area (Å²) < 4.78 is 2.15. The van der Waals surface area contributed by atoms with Crippen molar-refractivity contribution in [2.24, 2.45) is 0 Å². The second-order valence-electron chi connectivity index (χ2n) is 6.90. The summed E-state index contributed by atoms with van der Waals surface area (Å²) in [5, 5.41) is 13.5. The van der Waals surface area contributed by atoms with Gasteiger partial charge in [-0.1, -0.05) is 41.6 Å². The summed E-state index contributed by atoms with van der Waals surface area (Å²) in [4.78, 5) is 6.84. The SMILES string of the molecule is CCn1c(SCc2csc(-c3ccccc3Cl)n2)nnc1-c1ccc(N(C)C)cc1. The molecule has 8 heteroatoms. The molecule has 0 fully saturated rings. The summed E-state index contributed by atoms with van der Waals surface area (Å²) in [5.74, 6) is 1.62. The molecular formula is C22H22ClN5S2. The fourth-order valence-electron chi connectivity index (χ4n) is 3.07. The van der Waals surface area contributed by atoms with E-state index in [4.69, 9.17) is 16.6 Å². The quantitative estimate of drug-likeness (QED) is 0.315. The summed E-state index contributed by atoms with van der Waals surface area (Å²) in [7, 11) is 4.07. The second kappa shape index (κ2) is 9.20. The van der Waals surface area contributed by atoms with Gasteiger partial charge in [-0.3, -0.25) is 0 Å². The van der Waals surface area contributed by atoms with Crippen LogP contribution in [0.15, 0.2) is 59.1 Å². The first-order valence-electron chi connectivity index (χ1n) is 9.60. The third kappa shape index (κ3) is 4.38. The van der Waals surface area contributed by atoms with E-state index in [2.05, 4.69) is 56.2 Å². The number of thioether (sulfide) groups is 1. The highest BCUT2D eigenvalue weighted by Gasteiger charge is 2.15. The Morgan fingerprint density at radius 2 is 1.83 bits per heavy atom. The maximum absolute atomic E-state index is 6.31. The maximum atomic E-state index is 6.31. The third-order valence-electron chi connectivity index (χ3n) is 4.68. The van der Waals surface area contributed by atoms with Gasteiger partial charge in [-0.2, -0.15) is 0 Å². The molecule has 4 aromatic rings. The molecule has 0 atom stereocenters. The molecule has 0 aliphatic rings. The lowest BCUT2D eigenvalue weighted by Crippen LogP contribution is -2.08. The van der Waals surface area contributed by atoms with Crippen LogP contribution in [-0.2, 0) is 12.3 Å². The Morgan fingerprint density at radius 3 is 2.53 bits per heavy atom. The van der Waals surface area contributed by atoms with Crippen LogP contribution in [0, 0.1) is 0 Å². The standard InChI is InChI=1S/C22H22ClN5S2/c1-4-28-20(15-9-11-17(12-10-15)27(2)3)25-26-22(28)30-14-16-13-29-21(24-16)18-7-5-6-8-19(18)23/h5-13H,4,14H2,1-3H3. The van der Waals surface area contributed by atoms with Gasteiger partial charge in [0.1, 0.15) is 5.01 Å². The van der Waals surface area contributed by atoms with Gasteiger partial charge in [-0.15, -0.1) is 21.5 Å². The summed E-state index contributed by atoms with van der Waals surface area (Å²) in [6, 6.07) is 16.2. The van der Waals surface area contributed by atoms with Crippen LogP contribution in [0.5, 0.6) is 0 Å². The van der Waals surface area contributed by atoms with Crippen molar-refractivity contribution in [2.45, 2.75) is 24.4 Å². The van der Waals surface area contributed by atoms with Crippen molar-refractivity contribution in [2.75, 3.05) is 19.0 Å². The monoisotopic (exact) mass is 455 g/mol. The molecular weight excluding hydrogens is 434 g/mol. The van der Waals surface area contributed by atoms with Crippen molar-refractivity contribution in [3.63, 3.8) is 0 Å². The average molecular weight is 456 g/mol. The number of rotatable bonds is 7. The zero-order valence-corrected chi connectivity index (χ0v) is 19.4. The molecule has 0 N–H and O–H groups in total. The molecule has 2 aromatic carbocycles. The van der Waals surface area contributed by atoms with Crippen molar-refractivity contribution in [3.05, 3.63) is 64.6 Å². The van der Waals surface area contributed by atoms with E-state index in [0.29, 0.717) is 0 Å². The van der Waals surface area contributed by atoms with Gasteiger partial charge in [0.2, 0.25) is 0 Å². The van der Waals surface area contributed by atoms with E-state index in [9.17, 15) is 0 Å². The Balaban J connectivity index is 1.50. The fraction of sp³-hybridized carbons (Fsp3) is 0.227. The first kappa shape index (κ1) is 20.9. The number of thiazole rings is 1. The maximum Gasteiger partial charge on any atom is 0.191 e. The van der Waals surface area contributed by atoms with Crippen LogP contribution in [0.4, 0.5) is 5.69 Å². The number of halogens is 1. The van der Waals surface area contributed by atoms with Gasteiger partial charge in [0.15, 0.2) is 11.0 Å². The van der Waals surface area contributed by atoms with Gasteiger partial charge in [-0.05, 0) is 37.3 Å². The Morgan fingerprint density at radius 1 is 1.07 bits per heavy atom. The van der Waals surface area contributed by atoms with Crippen LogP contribution in [0.2, 0.25) is 5.02 Å². The van der Waals surface area contributed by atoms with E-state index in [1.807, 2.05) is 38.4 Å². The van der Waals surface area contributed by atoms with Gasteiger partial charge in [0.25, 0.3) is 0 Å². The summed E-state index contributed by atoms with van der Waals surface area (Å²) in [6.07, 6.45) is 0. The van der Waals surface area contributed by atoms with Gasteiger partial charge in [0.05, 0.1) is 10.7 Å². The van der Waals surface area contributed by atoms with Crippen LogP contribution in [0.25, 0.3) is 22.0 Å². The van der Waals surface area contributed by atoms with Crippen molar-refractivity contribution in [1.29, 1.82) is 0 Å². The Hall–Kier alpha value is -2.35. The smallest absolute Gasteiger partial charge is 0.191 e. The highest BCUT2D eigenvalue weighted by Crippen LogP contribution is 2.32. The van der Waals surface area contributed by atoms with E-state index >= 15 is 0 Å². The minimum absolute atomic E-state index is 0.724. The third-order valence-corrected chi connectivity index (χ3v) is 6.93. The highest BCUT2D eigenvalue weighted by atomic mass is 35.5. The topological polar surface area (TPSA) is 46.8 Å². The van der Waals surface area contributed by atoms with Crippen LogP contribution in [-0.4, -0.2) is 33.8 Å². The second-order valence-corrected chi connectivity index (χ2v) is 9.11. The van der Waals surface area contributed by atoms with Crippen molar-refractivity contribution in [3.8, 4) is 22.0 Å². The molecule has 30 heavy (non-hydrogen) atoms. The number of benzene rings is 2. The van der Waals surface area contributed by atoms with Crippen LogP contribution in [0.3, 0.4) is 0 Å². The first-order chi connectivity index (χ1) is 14.6. The summed E-state index contributed by atoms with van der Waals surface area (Å²) >= 11 is 9.57. The Bertz CT molecular complexity index is 1130. The zero-order valence-electron chi connectivity index (χ0n) is 17.0. The van der Waals surface area contributed by atoms with E-state index in [-0.39, 0.29) is 0 Å². The minimum atomic E-state index is 0.724. The van der Waals surface area contributed by atoms with Crippen LogP contribution >= 0.6 is 34.7 Å². The van der Waals surface area contributed by atoms with Crippen molar-refractivity contribution in [1.82, 2.24) is 19.7 Å². The number of hydrogen-bond acceptors (Lipinski definition) is 6. The van der Waals surface area contributed by atoms with E-state index in [1.165, 1.54) is 0 Å². The van der Waals surface area contributed by atoms with E-state index in [1.54, 1.807) is 23.1 Å². The normalized spacial score (nSPS) is 11.1. The number of anilines is 1. The molecule has 0 aliphatic carbocycles. The molecule has 0 aliphatic heterocycles. The predicted molar refractivity (Wildman–Crippen MR) is 128 cm³/mol. The molecule has 0 saturated carbocycles. The van der Waals surface area contributed by atoms with E-state index in [0.717, 1.165) is 55.8 Å². The van der Waals surface area contributed by atoms with Gasteiger partial charge in [-0.25, -0.2) is 4.98 Å². The minimum Gasteiger partial charge on any atom is -0.378 e. The van der Waals surface area contributed by atoms with Gasteiger partial charge < -0.3 is 9.47 Å². The lowest BCUT2D eigenvalue weighted by atomic mass is 10.2. The first-order valence-corrected chi connectivity index (χ1v) is 11.8. The molecule has 0 unspecified atom stereocenters. The zero-order chi connectivity index (χ0) is 21.1. The molecule has 0 spiro atoms. The van der Waals surface area contributed by atoms with E-state index < -0.39 is 0 Å². The molecule has 2 heterocycles. The molecule has 0 bridgehead atoms. The fourth-order valence-corrected chi connectivity index (χ4v) is 5.21. The van der Waals surface area contributed by atoms with Gasteiger partial charge in [0, 0.05) is 48.6 Å². The molecule has 4 rings (SSSR count). The largest absolute Gasteiger partial charge is 0.378 e. The Labute approximate surface area is 189 Å². The number of nitrogens with zero attached hydrogens (tertiary/aromatic N) is 5. The molecule has 5 nitrogen and oxygen atoms in total. The average Bonchev–Trinajstić information content (AvgIpc) is 3.39. The number of aromatic nitrogens is 4. The summed E-state index contributed by atoms with van der Waals surface area (Å²) in [6.45, 7) is 2.92. The van der Waals surface area contributed by atoms with Crippen molar-refractivity contribution < 1.29 is 0 Å². The number of hydrogen-bond donors (Lipinski definition) is 0. The van der Waals surface area contributed by atoms with Crippen LogP contribution in [0.1, 0.15) is 12.6 Å². The van der Waals surface area contributed by atoms with Crippen LogP contribution < -0.4 is 4.90 Å². The molecule has 0 radical (unpaired) electrons. The predicted octanol–water partition coefficient (Wildman–Crippen LogP) is 6.10. The molecule has 154 valence electrons. The molecule has 0 amide bonds. The Kier molecular flexibility index (Phi) is 6.41. The highest BCUT2D eigenvalue weighted by molar-refractivity contribution is 7.98. The van der Waals surface area contributed by atoms with Gasteiger partial charge >= 0.3 is 0 Å². The van der Waals surface area contributed by atoms with Crippen molar-refractivity contribution >= 4 is 40.4 Å². The lowest BCUT2D eigenvalue weighted by Gasteiger charge is -2.13. The molecule has 2 aromatic heterocycles. The lowest BCUT2D eigenvalue weighted by molar-refractivity contribution is 0.687. The summed E-state index contributed by atoms with van der Waals surface area (Å²) in [5.41, 5.74) is 4.22. The molecule has 0 saturated heterocycles.